The van der Waals surface area contributed by atoms with E-state index in [0.717, 1.165) is 35.5 Å². The first kappa shape index (κ1) is 19.2. The number of likely N-dealkylation sites (tertiary alicyclic amines) is 1. The molecule has 2 atom stereocenters. The summed E-state index contributed by atoms with van der Waals surface area (Å²) in [5.41, 5.74) is 3.53. The van der Waals surface area contributed by atoms with Crippen molar-refractivity contribution in [3.63, 3.8) is 0 Å². The molecule has 4 rings (SSSR count). The highest BCUT2D eigenvalue weighted by Crippen LogP contribution is 2.49. The summed E-state index contributed by atoms with van der Waals surface area (Å²) in [6.45, 7) is 13.2. The number of nitrogens with zero attached hydrogens (tertiary/aromatic N) is 1. The van der Waals surface area contributed by atoms with E-state index in [4.69, 9.17) is 4.74 Å². The van der Waals surface area contributed by atoms with Crippen LogP contribution in [-0.4, -0.2) is 29.4 Å². The average Bonchev–Trinajstić information content (AvgIpc) is 3.15. The highest BCUT2D eigenvalue weighted by molar-refractivity contribution is 6.09. The molecule has 1 spiro atoms. The summed E-state index contributed by atoms with van der Waals surface area (Å²) < 4.78 is 6.69. The van der Waals surface area contributed by atoms with Gasteiger partial charge in [-0.05, 0) is 35.4 Å². The molecule has 0 radical (unpaired) electrons. The average molecular weight is 378 g/mol. The predicted molar refractivity (Wildman–Crippen MR) is 113 cm³/mol. The van der Waals surface area contributed by atoms with Crippen molar-refractivity contribution in [3.05, 3.63) is 64.7 Å². The Labute approximate surface area is 168 Å². The van der Waals surface area contributed by atoms with E-state index < -0.39 is 5.60 Å². The third-order valence-corrected chi connectivity index (χ3v) is 6.48. The molecule has 2 aliphatic rings. The maximum absolute atomic E-state index is 13.8. The number of fused-ring (bicyclic) bond motifs is 1. The van der Waals surface area contributed by atoms with Crippen LogP contribution in [0.4, 0.5) is 0 Å². The van der Waals surface area contributed by atoms with Crippen molar-refractivity contribution in [1.29, 1.82) is 0 Å². The van der Waals surface area contributed by atoms with Crippen molar-refractivity contribution in [3.8, 4) is 5.75 Å². The number of aryl methyl sites for hydroxylation is 1. The number of hydrogen-bond donors (Lipinski definition) is 0. The highest BCUT2D eigenvalue weighted by Gasteiger charge is 2.59. The molecular weight excluding hydrogens is 346 g/mol. The van der Waals surface area contributed by atoms with Gasteiger partial charge in [-0.2, -0.15) is 0 Å². The van der Waals surface area contributed by atoms with Crippen LogP contribution in [0.5, 0.6) is 5.75 Å². The van der Waals surface area contributed by atoms with Gasteiger partial charge in [0.25, 0.3) is 0 Å². The van der Waals surface area contributed by atoms with E-state index in [0.29, 0.717) is 18.4 Å². The van der Waals surface area contributed by atoms with Crippen LogP contribution < -0.4 is 4.74 Å². The van der Waals surface area contributed by atoms with Gasteiger partial charge in [-0.15, -0.1) is 0 Å². The summed E-state index contributed by atoms with van der Waals surface area (Å²) in [5.74, 6) is 1.93. The van der Waals surface area contributed by atoms with Crippen LogP contribution in [0.1, 0.15) is 60.7 Å². The Hall–Kier alpha value is -2.13. The van der Waals surface area contributed by atoms with Gasteiger partial charge in [0.2, 0.25) is 5.78 Å². The second-order valence-corrected chi connectivity index (χ2v) is 9.16. The van der Waals surface area contributed by atoms with Crippen molar-refractivity contribution < 1.29 is 9.53 Å². The summed E-state index contributed by atoms with van der Waals surface area (Å²) in [7, 11) is 0. The molecule has 1 fully saturated rings. The van der Waals surface area contributed by atoms with Gasteiger partial charge in [-0.3, -0.25) is 9.69 Å². The zero-order valence-corrected chi connectivity index (χ0v) is 17.7. The number of Topliss-reactive ketones (excluding diaryl/α,β-unsaturated/α-hetero) is 1. The predicted octanol–water partition coefficient (Wildman–Crippen LogP) is 5.22. The molecule has 2 aromatic rings. The Kier molecular flexibility index (Phi) is 4.83. The number of hydrogen-bond acceptors (Lipinski definition) is 3. The molecule has 0 aromatic heterocycles. The number of carbonyl (C=O) groups is 1. The van der Waals surface area contributed by atoms with Crippen LogP contribution in [0.25, 0.3) is 0 Å². The SMILES string of the molecule is Cc1ccc(C(C)C)c2c1C(=O)[C@]1(CN(Cc3ccccc3)CC1C(C)C)O2. The zero-order chi connectivity index (χ0) is 20.1. The lowest BCUT2D eigenvalue weighted by Gasteiger charge is -2.31. The van der Waals surface area contributed by atoms with Crippen LogP contribution >= 0.6 is 0 Å². The molecule has 1 saturated heterocycles. The largest absolute Gasteiger partial charge is 0.476 e. The van der Waals surface area contributed by atoms with Crippen molar-refractivity contribution in [2.75, 3.05) is 13.1 Å². The minimum atomic E-state index is -0.749. The molecule has 0 bridgehead atoms. The van der Waals surface area contributed by atoms with Crippen molar-refractivity contribution in [2.24, 2.45) is 11.8 Å². The smallest absolute Gasteiger partial charge is 0.212 e. The van der Waals surface area contributed by atoms with E-state index >= 15 is 0 Å². The molecule has 148 valence electrons. The van der Waals surface area contributed by atoms with Crippen LogP contribution in [0, 0.1) is 18.8 Å². The Morgan fingerprint density at radius 3 is 2.46 bits per heavy atom. The van der Waals surface area contributed by atoms with Gasteiger partial charge in [-0.25, -0.2) is 0 Å². The minimum Gasteiger partial charge on any atom is -0.476 e. The lowest BCUT2D eigenvalue weighted by molar-refractivity contribution is 0.0340. The lowest BCUT2D eigenvalue weighted by atomic mass is 9.78. The first-order chi connectivity index (χ1) is 13.3. The van der Waals surface area contributed by atoms with E-state index in [1.165, 1.54) is 5.56 Å². The van der Waals surface area contributed by atoms with Crippen LogP contribution in [0.3, 0.4) is 0 Å². The molecule has 3 nitrogen and oxygen atoms in total. The standard InChI is InChI=1S/C25H31NO2/c1-16(2)20-12-11-18(5)22-23(20)28-25(24(22)27)15-26(14-21(25)17(3)4)13-19-9-7-6-8-10-19/h6-12,16-17,21H,13-15H2,1-5H3/t21?,25-/m1/s1. The summed E-state index contributed by atoms with van der Waals surface area (Å²) in [5, 5.41) is 0. The molecule has 1 unspecified atom stereocenters. The number of carbonyl (C=O) groups excluding carboxylic acids is 1. The van der Waals surface area contributed by atoms with Crippen molar-refractivity contribution >= 4 is 5.78 Å². The normalized spacial score (nSPS) is 24.4. The second kappa shape index (κ2) is 7.04. The van der Waals surface area contributed by atoms with Crippen LogP contribution in [-0.2, 0) is 6.54 Å². The van der Waals surface area contributed by atoms with Crippen LogP contribution in [0.15, 0.2) is 42.5 Å². The monoisotopic (exact) mass is 377 g/mol. The highest BCUT2D eigenvalue weighted by atomic mass is 16.5. The van der Waals surface area contributed by atoms with Crippen molar-refractivity contribution in [1.82, 2.24) is 4.90 Å². The molecule has 0 aliphatic carbocycles. The van der Waals surface area contributed by atoms with Crippen LogP contribution in [0.2, 0.25) is 0 Å². The molecule has 2 heterocycles. The van der Waals surface area contributed by atoms with Gasteiger partial charge in [0, 0.05) is 25.6 Å². The fourth-order valence-corrected chi connectivity index (χ4v) is 4.98. The minimum absolute atomic E-state index is 0.190. The molecule has 0 amide bonds. The molecule has 28 heavy (non-hydrogen) atoms. The second-order valence-electron chi connectivity index (χ2n) is 9.16. The number of ether oxygens (including phenoxy) is 1. The van der Waals surface area contributed by atoms with E-state index in [1.807, 2.05) is 13.0 Å². The lowest BCUT2D eigenvalue weighted by Crippen LogP contribution is -2.49. The molecule has 0 N–H and O–H groups in total. The van der Waals surface area contributed by atoms with Crippen molar-refractivity contribution in [2.45, 2.75) is 52.7 Å². The maximum Gasteiger partial charge on any atom is 0.212 e. The summed E-state index contributed by atoms with van der Waals surface area (Å²) in [6, 6.07) is 14.7. The van der Waals surface area contributed by atoms with Gasteiger partial charge in [0.1, 0.15) is 5.75 Å². The van der Waals surface area contributed by atoms with E-state index in [-0.39, 0.29) is 11.7 Å². The van der Waals surface area contributed by atoms with E-state index in [1.54, 1.807) is 0 Å². The van der Waals surface area contributed by atoms with E-state index in [9.17, 15) is 4.79 Å². The van der Waals surface area contributed by atoms with Gasteiger partial charge >= 0.3 is 0 Å². The molecular formula is C25H31NO2. The quantitative estimate of drug-likeness (QED) is 0.731. The Morgan fingerprint density at radius 1 is 1.11 bits per heavy atom. The third-order valence-electron chi connectivity index (χ3n) is 6.48. The topological polar surface area (TPSA) is 29.5 Å². The molecule has 3 heteroatoms. The zero-order valence-electron chi connectivity index (χ0n) is 17.7. The summed E-state index contributed by atoms with van der Waals surface area (Å²) in [4.78, 5) is 16.2. The Morgan fingerprint density at radius 2 is 1.82 bits per heavy atom. The van der Waals surface area contributed by atoms with Gasteiger partial charge in [0.15, 0.2) is 5.60 Å². The Bertz CT molecular complexity index is 887. The molecule has 0 saturated carbocycles. The first-order valence-corrected chi connectivity index (χ1v) is 10.5. The number of benzene rings is 2. The fourth-order valence-electron chi connectivity index (χ4n) is 4.98. The molecule has 2 aromatic carbocycles. The number of rotatable bonds is 4. The fraction of sp³-hybridized carbons (Fsp3) is 0.480. The third kappa shape index (κ3) is 2.97. The first-order valence-electron chi connectivity index (χ1n) is 10.5. The molecule has 2 aliphatic heterocycles. The Balaban J connectivity index is 1.72. The summed E-state index contributed by atoms with van der Waals surface area (Å²) in [6.07, 6.45) is 0. The van der Waals surface area contributed by atoms with Gasteiger partial charge in [-0.1, -0.05) is 70.2 Å². The van der Waals surface area contributed by atoms with E-state index in [2.05, 4.69) is 69.0 Å². The maximum atomic E-state index is 13.8. The van der Waals surface area contributed by atoms with Gasteiger partial charge in [0.05, 0.1) is 5.56 Å². The van der Waals surface area contributed by atoms with Gasteiger partial charge < -0.3 is 4.74 Å². The summed E-state index contributed by atoms with van der Waals surface area (Å²) >= 11 is 0. The number of ketones is 1.